The Balaban J connectivity index is 0.000000371. The molecule has 0 atom stereocenters. The van der Waals surface area contributed by atoms with Crippen molar-refractivity contribution in [3.05, 3.63) is 11.6 Å². The summed E-state index contributed by atoms with van der Waals surface area (Å²) in [5.41, 5.74) is 0. The van der Waals surface area contributed by atoms with Crippen molar-refractivity contribution >= 4 is 22.9 Å². The largest absolute Gasteiger partial charge is 0.305 e. The van der Waals surface area contributed by atoms with Crippen molar-refractivity contribution < 1.29 is 4.79 Å². The van der Waals surface area contributed by atoms with E-state index in [9.17, 15) is 4.79 Å². The maximum absolute atomic E-state index is 9.73. The summed E-state index contributed by atoms with van der Waals surface area (Å²) in [6.07, 6.45) is 2.25. The first-order chi connectivity index (χ1) is 4.93. The number of amides is 1. The Morgan fingerprint density at radius 3 is 2.80 bits per heavy atom. The highest BCUT2D eigenvalue weighted by Crippen LogP contribution is 2.07. The van der Waals surface area contributed by atoms with Gasteiger partial charge in [0.05, 0.1) is 0 Å². The molecule has 0 spiro atoms. The second-order valence-electron chi connectivity index (χ2n) is 1.10. The molecule has 0 saturated heterocycles. The number of nitrogens with one attached hydrogen (secondary N) is 1. The number of rotatable bonds is 2. The van der Waals surface area contributed by atoms with Gasteiger partial charge in [0, 0.05) is 11.6 Å². The summed E-state index contributed by atoms with van der Waals surface area (Å²) < 4.78 is 0. The molecular weight excluding hydrogens is 148 g/mol. The van der Waals surface area contributed by atoms with E-state index in [-0.39, 0.29) is 0 Å². The zero-order valence-electron chi connectivity index (χ0n) is 6.00. The summed E-state index contributed by atoms with van der Waals surface area (Å²) in [6.45, 7) is 4.00. The number of hydrogen-bond donors (Lipinski definition) is 1. The topological polar surface area (TPSA) is 42.0 Å². The van der Waals surface area contributed by atoms with E-state index in [4.69, 9.17) is 0 Å². The first kappa shape index (κ1) is 9.10. The van der Waals surface area contributed by atoms with Crippen LogP contribution in [0, 0.1) is 0 Å². The summed E-state index contributed by atoms with van der Waals surface area (Å²) in [6, 6.07) is 0. The number of anilines is 1. The minimum atomic E-state index is 0.610. The molecule has 1 amide bonds. The second kappa shape index (κ2) is 6.22. The number of thiazole rings is 1. The van der Waals surface area contributed by atoms with Crippen molar-refractivity contribution in [2.24, 2.45) is 0 Å². The van der Waals surface area contributed by atoms with Crippen molar-refractivity contribution in [1.82, 2.24) is 4.98 Å². The fourth-order valence-electron chi connectivity index (χ4n) is 0.345. The fraction of sp³-hybridized carbons (Fsp3) is 0.333. The van der Waals surface area contributed by atoms with Crippen LogP contribution in [0.5, 0.6) is 0 Å². The zero-order valence-corrected chi connectivity index (χ0v) is 6.81. The van der Waals surface area contributed by atoms with Crippen LogP contribution in [0.3, 0.4) is 0 Å². The Labute approximate surface area is 64.1 Å². The SMILES string of the molecule is CC.O=CNc1nccs1. The van der Waals surface area contributed by atoms with E-state index < -0.39 is 0 Å². The first-order valence-electron chi connectivity index (χ1n) is 3.03. The predicted octanol–water partition coefficient (Wildman–Crippen LogP) is 1.74. The van der Waals surface area contributed by atoms with Gasteiger partial charge in [-0.1, -0.05) is 13.8 Å². The zero-order chi connectivity index (χ0) is 7.82. The molecule has 0 radical (unpaired) electrons. The molecule has 0 saturated carbocycles. The predicted molar refractivity (Wildman–Crippen MR) is 43.1 cm³/mol. The Morgan fingerprint density at radius 2 is 2.40 bits per heavy atom. The highest BCUT2D eigenvalue weighted by Gasteiger charge is 1.86. The third-order valence-corrected chi connectivity index (χ3v) is 1.32. The summed E-state index contributed by atoms with van der Waals surface area (Å²) in [7, 11) is 0. The van der Waals surface area contributed by atoms with Gasteiger partial charge in [-0.05, 0) is 0 Å². The molecule has 1 N–H and O–H groups in total. The number of nitrogens with zero attached hydrogens (tertiary/aromatic N) is 1. The quantitative estimate of drug-likeness (QED) is 0.666. The number of hydrogen-bond acceptors (Lipinski definition) is 3. The summed E-state index contributed by atoms with van der Waals surface area (Å²) in [5, 5.41) is 4.85. The highest BCUT2D eigenvalue weighted by atomic mass is 32.1. The van der Waals surface area contributed by atoms with E-state index in [1.165, 1.54) is 11.3 Å². The third kappa shape index (κ3) is 3.19. The molecule has 3 nitrogen and oxygen atoms in total. The Hall–Kier alpha value is -0.900. The minimum Gasteiger partial charge on any atom is -0.305 e. The van der Waals surface area contributed by atoms with Gasteiger partial charge in [-0.2, -0.15) is 0 Å². The van der Waals surface area contributed by atoms with Crippen LogP contribution in [0.25, 0.3) is 0 Å². The van der Waals surface area contributed by atoms with Gasteiger partial charge in [0.15, 0.2) is 5.13 Å². The fourth-order valence-corrected chi connectivity index (χ4v) is 0.834. The number of carbonyl (C=O) groups is 1. The molecule has 0 bridgehead atoms. The Bertz CT molecular complexity index is 162. The molecule has 56 valence electrons. The molecule has 0 fully saturated rings. The van der Waals surface area contributed by atoms with E-state index >= 15 is 0 Å². The molecule has 0 unspecified atom stereocenters. The van der Waals surface area contributed by atoms with Crippen LogP contribution in [-0.2, 0) is 4.79 Å². The van der Waals surface area contributed by atoms with E-state index in [1.807, 2.05) is 13.8 Å². The molecule has 0 aliphatic heterocycles. The summed E-state index contributed by atoms with van der Waals surface area (Å²) >= 11 is 1.39. The van der Waals surface area contributed by atoms with Crippen LogP contribution in [-0.4, -0.2) is 11.4 Å². The summed E-state index contributed by atoms with van der Waals surface area (Å²) in [5.74, 6) is 0. The van der Waals surface area contributed by atoms with Gasteiger partial charge in [-0.3, -0.25) is 4.79 Å². The number of aromatic nitrogens is 1. The summed E-state index contributed by atoms with van der Waals surface area (Å²) in [4.78, 5) is 13.5. The van der Waals surface area contributed by atoms with E-state index in [0.29, 0.717) is 11.5 Å². The maximum atomic E-state index is 9.73. The van der Waals surface area contributed by atoms with Gasteiger partial charge in [0.2, 0.25) is 6.41 Å². The maximum Gasteiger partial charge on any atom is 0.213 e. The van der Waals surface area contributed by atoms with Crippen molar-refractivity contribution in [3.63, 3.8) is 0 Å². The van der Waals surface area contributed by atoms with Crippen LogP contribution >= 0.6 is 11.3 Å². The molecule has 1 rings (SSSR count). The van der Waals surface area contributed by atoms with Gasteiger partial charge in [-0.25, -0.2) is 4.98 Å². The molecule has 1 aromatic rings. The van der Waals surface area contributed by atoms with Gasteiger partial charge < -0.3 is 5.32 Å². The molecule has 0 aliphatic carbocycles. The number of carbonyl (C=O) groups excluding carboxylic acids is 1. The third-order valence-electron chi connectivity index (χ3n) is 0.615. The van der Waals surface area contributed by atoms with Crippen LogP contribution in [0.4, 0.5) is 5.13 Å². The molecule has 0 aliphatic rings. The molecule has 0 aromatic carbocycles. The van der Waals surface area contributed by atoms with Gasteiger partial charge in [0.25, 0.3) is 0 Å². The average molecular weight is 158 g/mol. The van der Waals surface area contributed by atoms with Crippen LogP contribution in [0.15, 0.2) is 11.6 Å². The lowest BCUT2D eigenvalue weighted by Gasteiger charge is -1.82. The van der Waals surface area contributed by atoms with Crippen molar-refractivity contribution in [2.45, 2.75) is 13.8 Å². The monoisotopic (exact) mass is 158 g/mol. The van der Waals surface area contributed by atoms with Gasteiger partial charge >= 0.3 is 0 Å². The molecule has 4 heteroatoms. The van der Waals surface area contributed by atoms with E-state index in [0.717, 1.165) is 0 Å². The van der Waals surface area contributed by atoms with E-state index in [1.54, 1.807) is 11.6 Å². The minimum absolute atomic E-state index is 0.610. The average Bonchev–Trinajstić information content (AvgIpc) is 2.46. The van der Waals surface area contributed by atoms with Crippen molar-refractivity contribution in [3.8, 4) is 0 Å². The Morgan fingerprint density at radius 1 is 1.70 bits per heavy atom. The first-order valence-corrected chi connectivity index (χ1v) is 3.91. The Kier molecular flexibility index (Phi) is 5.66. The molecule has 1 aromatic heterocycles. The highest BCUT2D eigenvalue weighted by molar-refractivity contribution is 7.13. The van der Waals surface area contributed by atoms with E-state index in [2.05, 4.69) is 10.3 Å². The molecule has 10 heavy (non-hydrogen) atoms. The molecule has 1 heterocycles. The van der Waals surface area contributed by atoms with Crippen LogP contribution in [0.1, 0.15) is 13.8 Å². The standard InChI is InChI=1S/C4H4N2OS.C2H6/c7-3-6-4-5-1-2-8-4;1-2/h1-3H,(H,5,6,7);1-2H3. The van der Waals surface area contributed by atoms with Gasteiger partial charge in [-0.15, -0.1) is 11.3 Å². The van der Waals surface area contributed by atoms with Crippen molar-refractivity contribution in [1.29, 1.82) is 0 Å². The second-order valence-corrected chi connectivity index (χ2v) is 1.99. The lowest BCUT2D eigenvalue weighted by molar-refractivity contribution is -0.105. The lowest BCUT2D eigenvalue weighted by atomic mass is 11.0. The lowest BCUT2D eigenvalue weighted by Crippen LogP contribution is -1.90. The van der Waals surface area contributed by atoms with Crippen LogP contribution < -0.4 is 5.32 Å². The smallest absolute Gasteiger partial charge is 0.213 e. The van der Waals surface area contributed by atoms with Crippen LogP contribution in [0.2, 0.25) is 0 Å². The van der Waals surface area contributed by atoms with Crippen molar-refractivity contribution in [2.75, 3.05) is 5.32 Å². The normalized spacial score (nSPS) is 7.40. The van der Waals surface area contributed by atoms with Gasteiger partial charge in [0.1, 0.15) is 0 Å². The molecular formula is C6H10N2OS.